The molecule has 2 aromatic heterocycles. The van der Waals surface area contributed by atoms with Crippen molar-refractivity contribution < 1.29 is 14.3 Å². The van der Waals surface area contributed by atoms with Crippen LogP contribution < -0.4 is 5.32 Å². The Labute approximate surface area is 153 Å². The number of nitrogens with zero attached hydrogens (tertiary/aromatic N) is 2. The summed E-state index contributed by atoms with van der Waals surface area (Å²) in [6, 6.07) is 0. The first-order chi connectivity index (χ1) is 11.4. The molecule has 2 rings (SSSR count). The van der Waals surface area contributed by atoms with E-state index in [0.29, 0.717) is 33.5 Å². The standard InChI is InChI=1S/C15H18ClN3O3S2/c1-4-22-11(20)6-9-7-23-15(17-9)19-13(21)12-10(5-8(2)3)24-14(16)18-12/h7-8H,4-6H2,1-3H3,(H,17,19,21). The maximum Gasteiger partial charge on any atom is 0.311 e. The van der Waals surface area contributed by atoms with E-state index in [-0.39, 0.29) is 18.3 Å². The predicted molar refractivity (Wildman–Crippen MR) is 96.1 cm³/mol. The van der Waals surface area contributed by atoms with Gasteiger partial charge in [-0.15, -0.1) is 22.7 Å². The van der Waals surface area contributed by atoms with Gasteiger partial charge >= 0.3 is 5.97 Å². The molecule has 24 heavy (non-hydrogen) atoms. The minimum atomic E-state index is -0.342. The summed E-state index contributed by atoms with van der Waals surface area (Å²) in [5.74, 6) is -0.291. The molecular formula is C15H18ClN3O3S2. The number of aromatic nitrogens is 2. The average Bonchev–Trinajstić information content (AvgIpc) is 3.05. The van der Waals surface area contributed by atoms with Crippen molar-refractivity contribution in [2.45, 2.75) is 33.6 Å². The molecule has 0 unspecified atom stereocenters. The fraction of sp³-hybridized carbons (Fsp3) is 0.467. The lowest BCUT2D eigenvalue weighted by atomic mass is 10.1. The quantitative estimate of drug-likeness (QED) is 0.730. The Morgan fingerprint density at radius 3 is 2.79 bits per heavy atom. The van der Waals surface area contributed by atoms with Crippen LogP contribution in [-0.4, -0.2) is 28.5 Å². The van der Waals surface area contributed by atoms with Crippen LogP contribution in [0.5, 0.6) is 0 Å². The molecule has 0 bridgehead atoms. The lowest BCUT2D eigenvalue weighted by Gasteiger charge is -2.04. The molecule has 9 heteroatoms. The van der Waals surface area contributed by atoms with Crippen LogP contribution in [0.2, 0.25) is 4.47 Å². The number of hydrogen-bond donors (Lipinski definition) is 1. The van der Waals surface area contributed by atoms with E-state index in [4.69, 9.17) is 16.3 Å². The third-order valence-electron chi connectivity index (χ3n) is 2.88. The van der Waals surface area contributed by atoms with Crippen molar-refractivity contribution in [1.82, 2.24) is 9.97 Å². The first-order valence-electron chi connectivity index (χ1n) is 7.45. The normalized spacial score (nSPS) is 10.9. The largest absolute Gasteiger partial charge is 0.466 e. The Morgan fingerprint density at radius 1 is 1.38 bits per heavy atom. The molecule has 0 spiro atoms. The van der Waals surface area contributed by atoms with Crippen LogP contribution in [0, 0.1) is 5.92 Å². The molecule has 1 amide bonds. The lowest BCUT2D eigenvalue weighted by molar-refractivity contribution is -0.142. The molecule has 2 heterocycles. The van der Waals surface area contributed by atoms with E-state index in [1.54, 1.807) is 12.3 Å². The van der Waals surface area contributed by atoms with Crippen LogP contribution in [0.15, 0.2) is 5.38 Å². The summed E-state index contributed by atoms with van der Waals surface area (Å²) in [4.78, 5) is 33.1. The summed E-state index contributed by atoms with van der Waals surface area (Å²) in [7, 11) is 0. The van der Waals surface area contributed by atoms with Gasteiger partial charge in [-0.1, -0.05) is 25.4 Å². The molecular weight excluding hydrogens is 370 g/mol. The summed E-state index contributed by atoms with van der Waals surface area (Å²) >= 11 is 8.52. The number of amides is 1. The van der Waals surface area contributed by atoms with Gasteiger partial charge in [0.05, 0.1) is 18.7 Å². The fourth-order valence-corrected chi connectivity index (χ4v) is 4.03. The number of thiazole rings is 2. The summed E-state index contributed by atoms with van der Waals surface area (Å²) in [5.41, 5.74) is 0.897. The zero-order valence-electron chi connectivity index (χ0n) is 13.6. The Hall–Kier alpha value is -1.51. The number of carbonyl (C=O) groups is 2. The molecule has 0 aliphatic rings. The molecule has 1 N–H and O–H groups in total. The number of ether oxygens (including phenoxy) is 1. The van der Waals surface area contributed by atoms with E-state index in [1.165, 1.54) is 22.7 Å². The van der Waals surface area contributed by atoms with Gasteiger partial charge in [0.15, 0.2) is 9.60 Å². The van der Waals surface area contributed by atoms with Crippen LogP contribution in [0.4, 0.5) is 5.13 Å². The van der Waals surface area contributed by atoms with Gasteiger partial charge < -0.3 is 4.74 Å². The van der Waals surface area contributed by atoms with E-state index in [9.17, 15) is 9.59 Å². The molecule has 0 fully saturated rings. The number of esters is 1. The smallest absolute Gasteiger partial charge is 0.311 e. The van der Waals surface area contributed by atoms with Crippen LogP contribution in [-0.2, 0) is 22.4 Å². The van der Waals surface area contributed by atoms with Crippen molar-refractivity contribution in [3.63, 3.8) is 0 Å². The maximum absolute atomic E-state index is 12.4. The Bertz CT molecular complexity index is 727. The molecule has 0 saturated carbocycles. The third kappa shape index (κ3) is 5.25. The first-order valence-corrected chi connectivity index (χ1v) is 9.53. The van der Waals surface area contributed by atoms with Crippen molar-refractivity contribution >= 4 is 51.3 Å². The van der Waals surface area contributed by atoms with Gasteiger partial charge in [-0.2, -0.15) is 0 Å². The molecule has 2 aromatic rings. The highest BCUT2D eigenvalue weighted by Gasteiger charge is 2.20. The second-order valence-corrected chi connectivity index (χ2v) is 7.94. The van der Waals surface area contributed by atoms with Crippen molar-refractivity contribution in [2.24, 2.45) is 5.92 Å². The number of carbonyl (C=O) groups excluding carboxylic acids is 2. The van der Waals surface area contributed by atoms with Gasteiger partial charge in [-0.05, 0) is 19.3 Å². The first kappa shape index (κ1) is 18.8. The topological polar surface area (TPSA) is 81.2 Å². The summed E-state index contributed by atoms with van der Waals surface area (Å²) in [5, 5.41) is 4.85. The molecule has 0 aliphatic heterocycles. The van der Waals surface area contributed by atoms with Gasteiger partial charge in [-0.25, -0.2) is 9.97 Å². The van der Waals surface area contributed by atoms with E-state index in [1.807, 2.05) is 0 Å². The Morgan fingerprint density at radius 2 is 2.12 bits per heavy atom. The van der Waals surface area contributed by atoms with Gasteiger partial charge in [0, 0.05) is 10.3 Å². The number of hydrogen-bond acceptors (Lipinski definition) is 7. The second kappa shape index (κ2) is 8.55. The number of rotatable bonds is 7. The second-order valence-electron chi connectivity index (χ2n) is 5.42. The van der Waals surface area contributed by atoms with Gasteiger partial charge in [-0.3, -0.25) is 14.9 Å². The highest BCUT2D eigenvalue weighted by Crippen LogP contribution is 2.26. The van der Waals surface area contributed by atoms with Crippen LogP contribution >= 0.6 is 34.3 Å². The molecule has 0 aromatic carbocycles. The number of anilines is 1. The van der Waals surface area contributed by atoms with Crippen molar-refractivity contribution in [3.05, 3.63) is 26.1 Å². The SMILES string of the molecule is CCOC(=O)Cc1csc(NC(=O)c2nc(Cl)sc2CC(C)C)n1. The zero-order valence-corrected chi connectivity index (χ0v) is 16.0. The lowest BCUT2D eigenvalue weighted by Crippen LogP contribution is -2.15. The van der Waals surface area contributed by atoms with Crippen LogP contribution in [0.3, 0.4) is 0 Å². The maximum atomic E-state index is 12.4. The van der Waals surface area contributed by atoms with Crippen molar-refractivity contribution in [2.75, 3.05) is 11.9 Å². The molecule has 6 nitrogen and oxygen atoms in total. The fourth-order valence-electron chi connectivity index (χ4n) is 1.97. The zero-order chi connectivity index (χ0) is 17.7. The molecule has 0 saturated heterocycles. The predicted octanol–water partition coefficient (Wildman–Crippen LogP) is 3.81. The number of halogens is 1. The van der Waals surface area contributed by atoms with E-state index >= 15 is 0 Å². The van der Waals surface area contributed by atoms with Gasteiger partial charge in [0.25, 0.3) is 5.91 Å². The van der Waals surface area contributed by atoms with E-state index < -0.39 is 0 Å². The van der Waals surface area contributed by atoms with E-state index in [2.05, 4.69) is 29.1 Å². The van der Waals surface area contributed by atoms with Gasteiger partial charge in [0.2, 0.25) is 0 Å². The molecule has 0 aliphatic carbocycles. The minimum absolute atomic E-state index is 0.0847. The highest BCUT2D eigenvalue weighted by atomic mass is 35.5. The highest BCUT2D eigenvalue weighted by molar-refractivity contribution is 7.16. The molecule has 0 atom stereocenters. The molecule has 130 valence electrons. The summed E-state index contributed by atoms with van der Waals surface area (Å²) in [6.45, 7) is 6.21. The number of nitrogens with one attached hydrogen (secondary N) is 1. The van der Waals surface area contributed by atoms with Crippen molar-refractivity contribution in [1.29, 1.82) is 0 Å². The minimum Gasteiger partial charge on any atom is -0.466 e. The van der Waals surface area contributed by atoms with Crippen LogP contribution in [0.25, 0.3) is 0 Å². The summed E-state index contributed by atoms with van der Waals surface area (Å²) < 4.78 is 5.22. The Kier molecular flexibility index (Phi) is 6.70. The van der Waals surface area contributed by atoms with Crippen molar-refractivity contribution in [3.8, 4) is 0 Å². The monoisotopic (exact) mass is 387 g/mol. The van der Waals surface area contributed by atoms with Crippen LogP contribution in [0.1, 0.15) is 41.8 Å². The molecule has 0 radical (unpaired) electrons. The van der Waals surface area contributed by atoms with Gasteiger partial charge in [0.1, 0.15) is 5.69 Å². The summed E-state index contributed by atoms with van der Waals surface area (Å²) in [6.07, 6.45) is 0.820. The van der Waals surface area contributed by atoms with E-state index in [0.717, 1.165) is 11.3 Å². The third-order valence-corrected chi connectivity index (χ3v) is 4.87. The Balaban J connectivity index is 2.05. The average molecular weight is 388 g/mol.